The second-order valence-electron chi connectivity index (χ2n) is 5.96. The molecular formula is C16H22BrClN2O. The van der Waals surface area contributed by atoms with E-state index < -0.39 is 0 Å². The maximum absolute atomic E-state index is 12.2. The van der Waals surface area contributed by atoms with Gasteiger partial charge in [0.2, 0.25) is 5.91 Å². The largest absolute Gasteiger partial charge is 0.356 e. The van der Waals surface area contributed by atoms with Crippen molar-refractivity contribution in [2.75, 3.05) is 19.6 Å². The topological polar surface area (TPSA) is 41.1 Å². The zero-order valence-corrected chi connectivity index (χ0v) is 14.4. The first-order valence-electron chi connectivity index (χ1n) is 7.48. The molecule has 1 aromatic carbocycles. The summed E-state index contributed by atoms with van der Waals surface area (Å²) in [6.45, 7) is 2.99. The molecule has 5 heteroatoms. The zero-order chi connectivity index (χ0) is 13.9. The molecule has 1 amide bonds. The van der Waals surface area contributed by atoms with Gasteiger partial charge in [-0.3, -0.25) is 4.79 Å². The normalized spacial score (nSPS) is 27.6. The number of amides is 1. The molecule has 1 aliphatic heterocycles. The molecule has 2 N–H and O–H groups in total. The van der Waals surface area contributed by atoms with Gasteiger partial charge in [-0.25, -0.2) is 0 Å². The van der Waals surface area contributed by atoms with E-state index in [0.29, 0.717) is 11.8 Å². The van der Waals surface area contributed by atoms with Crippen LogP contribution in [0.15, 0.2) is 28.7 Å². The molecule has 3 atom stereocenters. The number of hydrogen-bond donors (Lipinski definition) is 2. The van der Waals surface area contributed by atoms with Crippen molar-refractivity contribution in [1.29, 1.82) is 0 Å². The molecule has 2 aliphatic rings. The fourth-order valence-electron chi connectivity index (χ4n) is 3.06. The Bertz CT molecular complexity index is 491. The summed E-state index contributed by atoms with van der Waals surface area (Å²) in [4.78, 5) is 12.2. The van der Waals surface area contributed by atoms with E-state index in [1.54, 1.807) is 0 Å². The van der Waals surface area contributed by atoms with Crippen molar-refractivity contribution in [3.8, 4) is 0 Å². The van der Waals surface area contributed by atoms with E-state index in [0.717, 1.165) is 30.5 Å². The van der Waals surface area contributed by atoms with E-state index in [1.165, 1.54) is 18.4 Å². The third kappa shape index (κ3) is 4.44. The monoisotopic (exact) mass is 372 g/mol. The standard InChI is InChI=1S/C16H21BrN2O.ClH/c17-13-5-1-4-12(7-13)14-8-15(14)16(20)19-10-11-3-2-6-18-9-11;/h1,4-5,7,11,14-15,18H,2-3,6,8-10H2,(H,19,20);1H. The van der Waals surface area contributed by atoms with E-state index in [9.17, 15) is 4.79 Å². The Kier molecular flexibility index (Phi) is 6.08. The Balaban J connectivity index is 0.00000161. The van der Waals surface area contributed by atoms with Gasteiger partial charge >= 0.3 is 0 Å². The van der Waals surface area contributed by atoms with E-state index in [-0.39, 0.29) is 24.2 Å². The highest BCUT2D eigenvalue weighted by atomic mass is 79.9. The first-order valence-corrected chi connectivity index (χ1v) is 8.27. The molecule has 116 valence electrons. The lowest BCUT2D eigenvalue weighted by Gasteiger charge is -2.22. The van der Waals surface area contributed by atoms with Gasteiger partial charge in [-0.2, -0.15) is 0 Å². The molecule has 3 unspecified atom stereocenters. The van der Waals surface area contributed by atoms with Gasteiger partial charge < -0.3 is 10.6 Å². The second-order valence-corrected chi connectivity index (χ2v) is 6.88. The number of carbonyl (C=O) groups is 1. The van der Waals surface area contributed by atoms with Gasteiger partial charge in [0.15, 0.2) is 0 Å². The van der Waals surface area contributed by atoms with Crippen LogP contribution in [-0.2, 0) is 4.79 Å². The van der Waals surface area contributed by atoms with Gasteiger partial charge in [-0.05, 0) is 61.9 Å². The predicted octanol–water partition coefficient (Wildman–Crippen LogP) is 3.09. The summed E-state index contributed by atoms with van der Waals surface area (Å²) in [7, 11) is 0. The minimum Gasteiger partial charge on any atom is -0.356 e. The molecule has 0 radical (unpaired) electrons. The zero-order valence-electron chi connectivity index (χ0n) is 12.0. The number of halogens is 2. The van der Waals surface area contributed by atoms with E-state index in [1.807, 2.05) is 12.1 Å². The maximum Gasteiger partial charge on any atom is 0.223 e. The van der Waals surface area contributed by atoms with Crippen molar-refractivity contribution in [3.63, 3.8) is 0 Å². The van der Waals surface area contributed by atoms with Crippen LogP contribution in [0.4, 0.5) is 0 Å². The molecule has 1 aromatic rings. The second kappa shape index (κ2) is 7.61. The average molecular weight is 374 g/mol. The third-order valence-corrected chi connectivity index (χ3v) is 4.86. The van der Waals surface area contributed by atoms with Crippen molar-refractivity contribution < 1.29 is 4.79 Å². The van der Waals surface area contributed by atoms with Crippen LogP contribution in [0.3, 0.4) is 0 Å². The first-order chi connectivity index (χ1) is 9.74. The van der Waals surface area contributed by atoms with Crippen LogP contribution in [-0.4, -0.2) is 25.5 Å². The lowest BCUT2D eigenvalue weighted by molar-refractivity contribution is -0.122. The molecule has 2 fully saturated rings. The maximum atomic E-state index is 12.2. The Morgan fingerprint density at radius 3 is 3.00 bits per heavy atom. The van der Waals surface area contributed by atoms with Crippen LogP contribution in [0.1, 0.15) is 30.7 Å². The number of carbonyl (C=O) groups excluding carboxylic acids is 1. The van der Waals surface area contributed by atoms with Crippen LogP contribution in [0.25, 0.3) is 0 Å². The van der Waals surface area contributed by atoms with Crippen molar-refractivity contribution in [1.82, 2.24) is 10.6 Å². The van der Waals surface area contributed by atoms with Crippen LogP contribution in [0.5, 0.6) is 0 Å². The first kappa shape index (κ1) is 16.8. The quantitative estimate of drug-likeness (QED) is 0.851. The summed E-state index contributed by atoms with van der Waals surface area (Å²) >= 11 is 3.49. The van der Waals surface area contributed by atoms with Crippen molar-refractivity contribution >= 4 is 34.2 Å². The molecule has 3 rings (SSSR count). The van der Waals surface area contributed by atoms with Gasteiger partial charge in [0.05, 0.1) is 0 Å². The van der Waals surface area contributed by atoms with Gasteiger partial charge in [0.1, 0.15) is 0 Å². The number of rotatable bonds is 4. The van der Waals surface area contributed by atoms with Gasteiger partial charge in [-0.15, -0.1) is 12.4 Å². The highest BCUT2D eigenvalue weighted by Crippen LogP contribution is 2.47. The SMILES string of the molecule is Cl.O=C(NCC1CCCNC1)C1CC1c1cccc(Br)c1. The summed E-state index contributed by atoms with van der Waals surface area (Å²) in [5, 5.41) is 6.53. The van der Waals surface area contributed by atoms with Gasteiger partial charge in [0.25, 0.3) is 0 Å². The van der Waals surface area contributed by atoms with Gasteiger partial charge in [-0.1, -0.05) is 28.1 Å². The van der Waals surface area contributed by atoms with Crippen LogP contribution in [0, 0.1) is 11.8 Å². The Labute approximate surface area is 140 Å². The summed E-state index contributed by atoms with van der Waals surface area (Å²) < 4.78 is 1.09. The fourth-order valence-corrected chi connectivity index (χ4v) is 3.48. The number of hydrogen-bond acceptors (Lipinski definition) is 2. The minimum absolute atomic E-state index is 0. The number of nitrogens with one attached hydrogen (secondary N) is 2. The predicted molar refractivity (Wildman–Crippen MR) is 90.8 cm³/mol. The molecule has 21 heavy (non-hydrogen) atoms. The smallest absolute Gasteiger partial charge is 0.223 e. The van der Waals surface area contributed by atoms with Crippen LogP contribution < -0.4 is 10.6 Å². The van der Waals surface area contributed by atoms with E-state index >= 15 is 0 Å². The van der Waals surface area contributed by atoms with Crippen molar-refractivity contribution in [2.24, 2.45) is 11.8 Å². The third-order valence-electron chi connectivity index (χ3n) is 4.37. The van der Waals surface area contributed by atoms with Crippen LogP contribution >= 0.6 is 28.3 Å². The molecule has 3 nitrogen and oxygen atoms in total. The summed E-state index contributed by atoms with van der Waals surface area (Å²) in [6.07, 6.45) is 3.45. The highest BCUT2D eigenvalue weighted by molar-refractivity contribution is 9.10. The van der Waals surface area contributed by atoms with E-state index in [4.69, 9.17) is 0 Å². The lowest BCUT2D eigenvalue weighted by atomic mass is 10.00. The summed E-state index contributed by atoms with van der Waals surface area (Å²) in [6, 6.07) is 8.31. The molecule has 1 saturated carbocycles. The summed E-state index contributed by atoms with van der Waals surface area (Å²) in [5.41, 5.74) is 1.28. The van der Waals surface area contributed by atoms with E-state index in [2.05, 4.69) is 38.7 Å². The number of piperidine rings is 1. The Morgan fingerprint density at radius 1 is 1.43 bits per heavy atom. The summed E-state index contributed by atoms with van der Waals surface area (Å²) in [5.74, 6) is 1.44. The fraction of sp³-hybridized carbons (Fsp3) is 0.562. The molecule has 1 saturated heterocycles. The van der Waals surface area contributed by atoms with Gasteiger partial charge in [0, 0.05) is 16.9 Å². The van der Waals surface area contributed by atoms with Crippen molar-refractivity contribution in [2.45, 2.75) is 25.2 Å². The Morgan fingerprint density at radius 2 is 2.29 bits per heavy atom. The molecule has 1 aliphatic carbocycles. The minimum atomic E-state index is 0. The average Bonchev–Trinajstić information content (AvgIpc) is 3.26. The van der Waals surface area contributed by atoms with Crippen LogP contribution in [0.2, 0.25) is 0 Å². The van der Waals surface area contributed by atoms with Crippen molar-refractivity contribution in [3.05, 3.63) is 34.3 Å². The molecule has 0 aromatic heterocycles. The number of benzene rings is 1. The highest BCUT2D eigenvalue weighted by Gasteiger charge is 2.43. The molecule has 0 bridgehead atoms. The lowest BCUT2D eigenvalue weighted by Crippen LogP contribution is -2.38. The molecular weight excluding hydrogens is 352 g/mol. The Hall–Kier alpha value is -0.580. The molecule has 0 spiro atoms. The molecule has 1 heterocycles.